The van der Waals surface area contributed by atoms with Crippen LogP contribution in [-0.2, 0) is 6.42 Å². The first-order valence-electron chi connectivity index (χ1n) is 4.44. The molecule has 0 aromatic heterocycles. The summed E-state index contributed by atoms with van der Waals surface area (Å²) < 4.78 is 5.18. The monoisotopic (exact) mass is 178 g/mol. The van der Waals surface area contributed by atoms with E-state index in [1.54, 1.807) is 13.2 Å². The highest BCUT2D eigenvalue weighted by molar-refractivity contribution is 5.75. The van der Waals surface area contributed by atoms with Crippen molar-refractivity contribution in [2.75, 3.05) is 7.11 Å². The highest BCUT2D eigenvalue weighted by Gasteiger charge is 2.02. The quantitative estimate of drug-likeness (QED) is 0.662. The van der Waals surface area contributed by atoms with Crippen molar-refractivity contribution in [1.82, 2.24) is 0 Å². The lowest BCUT2D eigenvalue weighted by Gasteiger charge is -2.07. The molecule has 1 aromatic rings. The Morgan fingerprint density at radius 3 is 2.77 bits per heavy atom. The fourth-order valence-electron chi connectivity index (χ4n) is 1.34. The first-order chi connectivity index (χ1) is 6.31. The molecular weight excluding hydrogens is 164 g/mol. The van der Waals surface area contributed by atoms with Gasteiger partial charge in [-0.3, -0.25) is 4.79 Å². The van der Waals surface area contributed by atoms with E-state index in [0.29, 0.717) is 5.56 Å². The molecule has 0 radical (unpaired) electrons. The molecule has 2 heteroatoms. The van der Waals surface area contributed by atoms with Gasteiger partial charge in [0.15, 0.2) is 0 Å². The van der Waals surface area contributed by atoms with Crippen molar-refractivity contribution in [3.8, 4) is 5.75 Å². The molecule has 0 atom stereocenters. The molecule has 0 aliphatic rings. The minimum atomic E-state index is 0.712. The Balaban J connectivity index is 3.02. The Bertz CT molecular complexity index is 292. The summed E-state index contributed by atoms with van der Waals surface area (Å²) in [5, 5.41) is 0. The summed E-state index contributed by atoms with van der Waals surface area (Å²) in [6.45, 7) is 2.10. The molecule has 0 saturated carbocycles. The average Bonchev–Trinajstić information content (AvgIpc) is 2.18. The highest BCUT2D eigenvalue weighted by atomic mass is 16.5. The summed E-state index contributed by atoms with van der Waals surface area (Å²) in [6.07, 6.45) is 2.86. The molecule has 1 aromatic carbocycles. The first kappa shape index (κ1) is 9.78. The number of ether oxygens (including phenoxy) is 1. The second-order valence-corrected chi connectivity index (χ2v) is 2.94. The van der Waals surface area contributed by atoms with Gasteiger partial charge in [-0.05, 0) is 30.2 Å². The van der Waals surface area contributed by atoms with E-state index in [-0.39, 0.29) is 0 Å². The fraction of sp³-hybridized carbons (Fsp3) is 0.364. The summed E-state index contributed by atoms with van der Waals surface area (Å²) in [5.74, 6) is 0.868. The third-order valence-electron chi connectivity index (χ3n) is 1.96. The van der Waals surface area contributed by atoms with E-state index >= 15 is 0 Å². The molecule has 0 saturated heterocycles. The summed E-state index contributed by atoms with van der Waals surface area (Å²) in [4.78, 5) is 10.5. The van der Waals surface area contributed by atoms with Crippen LogP contribution in [0.2, 0.25) is 0 Å². The molecule has 0 aliphatic heterocycles. The van der Waals surface area contributed by atoms with Crippen molar-refractivity contribution in [1.29, 1.82) is 0 Å². The zero-order valence-electron chi connectivity index (χ0n) is 8.04. The molecule has 0 aliphatic carbocycles. The first-order valence-corrected chi connectivity index (χ1v) is 4.44. The van der Waals surface area contributed by atoms with Crippen LogP contribution in [0.15, 0.2) is 18.2 Å². The van der Waals surface area contributed by atoms with Gasteiger partial charge in [-0.15, -0.1) is 0 Å². The van der Waals surface area contributed by atoms with E-state index in [0.717, 1.165) is 30.4 Å². The maximum Gasteiger partial charge on any atom is 0.150 e. The molecular formula is C11H14O2. The van der Waals surface area contributed by atoms with E-state index in [1.165, 1.54) is 0 Å². The Kier molecular flexibility index (Phi) is 3.50. The van der Waals surface area contributed by atoms with Crippen LogP contribution in [0.4, 0.5) is 0 Å². The van der Waals surface area contributed by atoms with Crippen LogP contribution in [0.5, 0.6) is 5.75 Å². The van der Waals surface area contributed by atoms with E-state index in [9.17, 15) is 4.79 Å². The molecule has 0 heterocycles. The zero-order chi connectivity index (χ0) is 9.68. The topological polar surface area (TPSA) is 26.3 Å². The lowest BCUT2D eigenvalue weighted by molar-refractivity contribution is 0.112. The van der Waals surface area contributed by atoms with Gasteiger partial charge in [0.2, 0.25) is 0 Å². The predicted molar refractivity (Wildman–Crippen MR) is 52.4 cm³/mol. The van der Waals surface area contributed by atoms with Crippen molar-refractivity contribution in [3.05, 3.63) is 29.3 Å². The van der Waals surface area contributed by atoms with Crippen molar-refractivity contribution < 1.29 is 9.53 Å². The number of hydrogen-bond acceptors (Lipinski definition) is 2. The SMILES string of the molecule is CCCc1cc(C=O)ccc1OC. The second-order valence-electron chi connectivity index (χ2n) is 2.94. The predicted octanol–water partition coefficient (Wildman–Crippen LogP) is 2.46. The van der Waals surface area contributed by atoms with Gasteiger partial charge >= 0.3 is 0 Å². The summed E-state index contributed by atoms with van der Waals surface area (Å²) in [5.41, 5.74) is 1.82. The van der Waals surface area contributed by atoms with Crippen LogP contribution in [0.25, 0.3) is 0 Å². The van der Waals surface area contributed by atoms with Crippen LogP contribution in [-0.4, -0.2) is 13.4 Å². The third-order valence-corrected chi connectivity index (χ3v) is 1.96. The van der Waals surface area contributed by atoms with Gasteiger partial charge in [0.25, 0.3) is 0 Å². The van der Waals surface area contributed by atoms with E-state index < -0.39 is 0 Å². The number of rotatable bonds is 4. The number of hydrogen-bond donors (Lipinski definition) is 0. The smallest absolute Gasteiger partial charge is 0.150 e. The minimum absolute atomic E-state index is 0.712. The third kappa shape index (κ3) is 2.31. The van der Waals surface area contributed by atoms with Crippen molar-refractivity contribution in [3.63, 3.8) is 0 Å². The van der Waals surface area contributed by atoms with Crippen LogP contribution in [0, 0.1) is 0 Å². The molecule has 1 rings (SSSR count). The summed E-state index contributed by atoms with van der Waals surface area (Å²) in [6, 6.07) is 5.50. The molecule has 13 heavy (non-hydrogen) atoms. The van der Waals surface area contributed by atoms with Gasteiger partial charge in [-0.25, -0.2) is 0 Å². The van der Waals surface area contributed by atoms with E-state index in [4.69, 9.17) is 4.74 Å². The van der Waals surface area contributed by atoms with Gasteiger partial charge < -0.3 is 4.74 Å². The zero-order valence-corrected chi connectivity index (χ0v) is 8.04. The van der Waals surface area contributed by atoms with Gasteiger partial charge in [0.05, 0.1) is 7.11 Å². The van der Waals surface area contributed by atoms with Gasteiger partial charge in [-0.1, -0.05) is 13.3 Å². The van der Waals surface area contributed by atoms with Gasteiger partial charge in [0, 0.05) is 5.56 Å². The fourth-order valence-corrected chi connectivity index (χ4v) is 1.34. The molecule has 0 bridgehead atoms. The Morgan fingerprint density at radius 2 is 2.23 bits per heavy atom. The maximum atomic E-state index is 10.5. The maximum absolute atomic E-state index is 10.5. The van der Waals surface area contributed by atoms with E-state index in [1.807, 2.05) is 12.1 Å². The minimum Gasteiger partial charge on any atom is -0.496 e. The molecule has 0 fully saturated rings. The van der Waals surface area contributed by atoms with Crippen molar-refractivity contribution in [2.24, 2.45) is 0 Å². The Labute approximate surface area is 78.5 Å². The highest BCUT2D eigenvalue weighted by Crippen LogP contribution is 2.20. The molecule has 0 spiro atoms. The number of aldehydes is 1. The number of aryl methyl sites for hydroxylation is 1. The Morgan fingerprint density at radius 1 is 1.46 bits per heavy atom. The molecule has 0 unspecified atom stereocenters. The van der Waals surface area contributed by atoms with Crippen LogP contribution < -0.4 is 4.74 Å². The number of carbonyl (C=O) groups excluding carboxylic acids is 1. The second kappa shape index (κ2) is 4.65. The average molecular weight is 178 g/mol. The standard InChI is InChI=1S/C11H14O2/c1-3-4-10-7-9(8-12)5-6-11(10)13-2/h5-8H,3-4H2,1-2H3. The number of benzene rings is 1. The van der Waals surface area contributed by atoms with Crippen molar-refractivity contribution in [2.45, 2.75) is 19.8 Å². The normalized spacial score (nSPS) is 9.69. The van der Waals surface area contributed by atoms with Crippen LogP contribution in [0.1, 0.15) is 29.3 Å². The summed E-state index contributed by atoms with van der Waals surface area (Å²) in [7, 11) is 1.65. The van der Waals surface area contributed by atoms with Crippen LogP contribution >= 0.6 is 0 Å². The number of methoxy groups -OCH3 is 1. The largest absolute Gasteiger partial charge is 0.496 e. The van der Waals surface area contributed by atoms with Crippen LogP contribution in [0.3, 0.4) is 0 Å². The molecule has 70 valence electrons. The molecule has 0 N–H and O–H groups in total. The van der Waals surface area contributed by atoms with Gasteiger partial charge in [-0.2, -0.15) is 0 Å². The lowest BCUT2D eigenvalue weighted by atomic mass is 10.1. The number of carbonyl (C=O) groups is 1. The Hall–Kier alpha value is -1.31. The summed E-state index contributed by atoms with van der Waals surface area (Å²) >= 11 is 0. The van der Waals surface area contributed by atoms with Crippen molar-refractivity contribution >= 4 is 6.29 Å². The molecule has 2 nitrogen and oxygen atoms in total. The van der Waals surface area contributed by atoms with Gasteiger partial charge in [0.1, 0.15) is 12.0 Å². The van der Waals surface area contributed by atoms with E-state index in [2.05, 4.69) is 6.92 Å². The lowest BCUT2D eigenvalue weighted by Crippen LogP contribution is -1.93. The molecule has 0 amide bonds.